The first kappa shape index (κ1) is 14.0. The molecule has 0 fully saturated rings. The number of hydrogen-bond donors (Lipinski definition) is 3. The zero-order valence-electron chi connectivity index (χ0n) is 9.70. The summed E-state index contributed by atoms with van der Waals surface area (Å²) < 4.78 is 0. The number of hydrogen-bond acceptors (Lipinski definition) is 5. The maximum Gasteiger partial charge on any atom is 0.279 e. The number of benzene rings is 1. The molecule has 8 heteroatoms. The van der Waals surface area contributed by atoms with Gasteiger partial charge in [-0.2, -0.15) is 4.98 Å². The average Bonchev–Trinajstić information content (AvgIpc) is 2.37. The Labute approximate surface area is 123 Å². The molecule has 0 amide bonds. The first-order valence-electron chi connectivity index (χ1n) is 5.10. The number of H-pyrrole nitrogens is 1. The molecule has 19 heavy (non-hydrogen) atoms. The number of nitrogens with zero attached hydrogens (tertiary/aromatic N) is 1. The lowest BCUT2D eigenvalue weighted by Crippen LogP contribution is -2.13. The molecule has 0 unspecified atom stereocenters. The van der Waals surface area contributed by atoms with E-state index in [2.05, 4.69) is 15.3 Å². The molecule has 100 valence electrons. The van der Waals surface area contributed by atoms with Gasteiger partial charge in [0.1, 0.15) is 0 Å². The Morgan fingerprint density at radius 1 is 1.37 bits per heavy atom. The Kier molecular flexibility index (Phi) is 4.24. The van der Waals surface area contributed by atoms with Gasteiger partial charge in [0, 0.05) is 5.69 Å². The number of aromatic nitrogens is 2. The Morgan fingerprint density at radius 3 is 2.68 bits per heavy atom. The van der Waals surface area contributed by atoms with Gasteiger partial charge >= 0.3 is 0 Å². The number of anilines is 2. The predicted molar refractivity (Wildman–Crippen MR) is 78.0 cm³/mol. The van der Waals surface area contributed by atoms with Gasteiger partial charge in [0.2, 0.25) is 5.88 Å². The second-order valence-electron chi connectivity index (χ2n) is 3.53. The van der Waals surface area contributed by atoms with Crippen LogP contribution in [0.25, 0.3) is 0 Å². The third kappa shape index (κ3) is 3.15. The van der Waals surface area contributed by atoms with Crippen LogP contribution in [0.5, 0.6) is 5.88 Å². The molecule has 0 saturated heterocycles. The largest absolute Gasteiger partial charge is 0.492 e. The van der Waals surface area contributed by atoms with Gasteiger partial charge in [-0.3, -0.25) is 9.78 Å². The van der Waals surface area contributed by atoms with E-state index < -0.39 is 5.56 Å². The number of halogens is 2. The van der Waals surface area contributed by atoms with Gasteiger partial charge in [0.25, 0.3) is 5.56 Å². The highest BCUT2D eigenvalue weighted by atomic mass is 35.5. The lowest BCUT2D eigenvalue weighted by Gasteiger charge is -2.08. The normalized spacial score (nSPS) is 10.5. The molecule has 1 aromatic carbocycles. The van der Waals surface area contributed by atoms with Crippen LogP contribution in [0.1, 0.15) is 0 Å². The van der Waals surface area contributed by atoms with Gasteiger partial charge < -0.3 is 10.4 Å². The van der Waals surface area contributed by atoms with Crippen LogP contribution in [-0.4, -0.2) is 21.3 Å². The molecule has 3 N–H and O–H groups in total. The molecular weight excluding hydrogens is 309 g/mol. The molecule has 0 aliphatic carbocycles. The van der Waals surface area contributed by atoms with Crippen molar-refractivity contribution in [2.75, 3.05) is 11.6 Å². The van der Waals surface area contributed by atoms with Crippen LogP contribution in [0, 0.1) is 0 Å². The number of rotatable bonds is 3. The van der Waals surface area contributed by atoms with Crippen molar-refractivity contribution in [2.24, 2.45) is 0 Å². The van der Waals surface area contributed by atoms with E-state index in [-0.39, 0.29) is 11.6 Å². The average molecular weight is 318 g/mol. The summed E-state index contributed by atoms with van der Waals surface area (Å²) in [6, 6.07) is 4.77. The van der Waals surface area contributed by atoms with Gasteiger partial charge in [0.15, 0.2) is 10.8 Å². The molecule has 0 atom stereocenters. The first-order valence-corrected chi connectivity index (χ1v) is 7.08. The molecule has 1 aromatic heterocycles. The Balaban J connectivity index is 2.38. The molecule has 2 aromatic rings. The van der Waals surface area contributed by atoms with Crippen LogP contribution < -0.4 is 10.9 Å². The highest BCUT2D eigenvalue weighted by Crippen LogP contribution is 2.28. The van der Waals surface area contributed by atoms with Crippen molar-refractivity contribution in [1.82, 2.24) is 9.97 Å². The van der Waals surface area contributed by atoms with Gasteiger partial charge in [-0.15, -0.1) is 0 Å². The summed E-state index contributed by atoms with van der Waals surface area (Å²) in [7, 11) is 0. The van der Waals surface area contributed by atoms with Gasteiger partial charge in [-0.25, -0.2) is 0 Å². The van der Waals surface area contributed by atoms with Gasteiger partial charge in [-0.05, 0) is 24.5 Å². The van der Waals surface area contributed by atoms with Crippen LogP contribution in [0.3, 0.4) is 0 Å². The summed E-state index contributed by atoms with van der Waals surface area (Å²) in [5.74, 6) is -0.376. The van der Waals surface area contributed by atoms with Crippen molar-refractivity contribution in [3.63, 3.8) is 0 Å². The first-order chi connectivity index (χ1) is 9.01. The van der Waals surface area contributed by atoms with Crippen LogP contribution in [0.2, 0.25) is 10.0 Å². The van der Waals surface area contributed by atoms with E-state index >= 15 is 0 Å². The third-order valence-corrected chi connectivity index (χ3v) is 3.58. The van der Waals surface area contributed by atoms with E-state index in [0.717, 1.165) is 0 Å². The Morgan fingerprint density at radius 2 is 2.11 bits per heavy atom. The van der Waals surface area contributed by atoms with E-state index in [1.54, 1.807) is 24.5 Å². The summed E-state index contributed by atoms with van der Waals surface area (Å²) in [6.45, 7) is 0. The van der Waals surface area contributed by atoms with Crippen molar-refractivity contribution in [1.29, 1.82) is 0 Å². The van der Waals surface area contributed by atoms with Crippen molar-refractivity contribution in [3.05, 3.63) is 38.6 Å². The SMILES string of the molecule is CSc1nc(O)c(Nc2ccc(Cl)c(Cl)c2)c(=O)[nH]1. The van der Waals surface area contributed by atoms with Crippen LogP contribution in [0.4, 0.5) is 11.4 Å². The monoisotopic (exact) mass is 317 g/mol. The highest BCUT2D eigenvalue weighted by Gasteiger charge is 2.11. The number of aromatic hydroxyl groups is 1. The summed E-state index contributed by atoms with van der Waals surface area (Å²) in [5.41, 5.74) is 0.00742. The summed E-state index contributed by atoms with van der Waals surface area (Å²) in [5, 5.41) is 13.6. The van der Waals surface area contributed by atoms with Crippen LogP contribution in [-0.2, 0) is 0 Å². The molecule has 2 rings (SSSR count). The predicted octanol–water partition coefficient (Wildman–Crippen LogP) is 3.25. The topological polar surface area (TPSA) is 78.0 Å². The van der Waals surface area contributed by atoms with E-state index in [0.29, 0.717) is 20.9 Å². The fraction of sp³-hybridized carbons (Fsp3) is 0.0909. The zero-order valence-corrected chi connectivity index (χ0v) is 12.0. The molecule has 5 nitrogen and oxygen atoms in total. The highest BCUT2D eigenvalue weighted by molar-refractivity contribution is 7.98. The van der Waals surface area contributed by atoms with Crippen LogP contribution >= 0.6 is 35.0 Å². The molecule has 0 radical (unpaired) electrons. The quantitative estimate of drug-likeness (QED) is 0.598. The van der Waals surface area contributed by atoms with Crippen LogP contribution in [0.15, 0.2) is 28.2 Å². The maximum absolute atomic E-state index is 11.8. The van der Waals surface area contributed by atoms with E-state index in [1.807, 2.05) is 0 Å². The van der Waals surface area contributed by atoms with Gasteiger partial charge in [-0.1, -0.05) is 35.0 Å². The smallest absolute Gasteiger partial charge is 0.279 e. The number of nitrogens with one attached hydrogen (secondary N) is 2. The van der Waals surface area contributed by atoms with Crippen molar-refractivity contribution in [3.8, 4) is 5.88 Å². The summed E-state index contributed by atoms with van der Waals surface area (Å²) in [4.78, 5) is 18.1. The molecule has 1 heterocycles. The molecule has 0 bridgehead atoms. The number of aromatic amines is 1. The second-order valence-corrected chi connectivity index (χ2v) is 5.14. The van der Waals surface area contributed by atoms with Crippen molar-refractivity contribution >= 4 is 46.3 Å². The lowest BCUT2D eigenvalue weighted by atomic mass is 10.3. The molecular formula is C11H9Cl2N3O2S. The maximum atomic E-state index is 11.8. The van der Waals surface area contributed by atoms with E-state index in [9.17, 15) is 9.90 Å². The number of thioether (sulfide) groups is 1. The standard InChI is InChI=1S/C11H9Cl2N3O2S/c1-19-11-15-9(17)8(10(18)16-11)14-5-2-3-6(12)7(13)4-5/h2-4,14H,1H3,(H2,15,16,17,18). The fourth-order valence-corrected chi connectivity index (χ4v) is 2.04. The van der Waals surface area contributed by atoms with Crippen molar-refractivity contribution in [2.45, 2.75) is 5.16 Å². The molecule has 0 aliphatic rings. The minimum Gasteiger partial charge on any atom is -0.492 e. The Bertz CT molecular complexity index is 675. The third-order valence-electron chi connectivity index (χ3n) is 2.26. The molecule has 0 spiro atoms. The molecule has 0 aliphatic heterocycles. The minimum absolute atomic E-state index is 0.0452. The van der Waals surface area contributed by atoms with Crippen molar-refractivity contribution < 1.29 is 5.11 Å². The fourth-order valence-electron chi connectivity index (χ4n) is 1.37. The lowest BCUT2D eigenvalue weighted by molar-refractivity contribution is 0.447. The Hall–Kier alpha value is -1.37. The van der Waals surface area contributed by atoms with Gasteiger partial charge in [0.05, 0.1) is 10.0 Å². The van der Waals surface area contributed by atoms with E-state index in [1.165, 1.54) is 11.8 Å². The summed E-state index contributed by atoms with van der Waals surface area (Å²) >= 11 is 12.9. The zero-order chi connectivity index (χ0) is 14.0. The van der Waals surface area contributed by atoms with E-state index in [4.69, 9.17) is 23.2 Å². The summed E-state index contributed by atoms with van der Waals surface area (Å²) in [6.07, 6.45) is 1.74. The molecule has 0 saturated carbocycles. The second kappa shape index (κ2) is 5.73. The minimum atomic E-state index is -0.470.